The van der Waals surface area contributed by atoms with Gasteiger partial charge in [-0.15, -0.1) is 0 Å². The number of aromatic hydroxyl groups is 1. The number of carbonyl (C=O) groups is 3. The second-order valence-corrected chi connectivity index (χ2v) is 7.88. The maximum Gasteiger partial charge on any atom is 0.349 e. The van der Waals surface area contributed by atoms with Crippen molar-refractivity contribution in [1.29, 1.82) is 0 Å². The monoisotopic (exact) mass is 439 g/mol. The molecule has 2 aliphatic rings. The van der Waals surface area contributed by atoms with E-state index in [1.54, 1.807) is 30.3 Å². The van der Waals surface area contributed by atoms with Crippen LogP contribution in [0.4, 0.5) is 0 Å². The van der Waals surface area contributed by atoms with Crippen molar-refractivity contribution in [3.63, 3.8) is 0 Å². The average Bonchev–Trinajstić information content (AvgIpc) is 2.99. The molecule has 1 saturated heterocycles. The number of rotatable bonds is 3. The second-order valence-electron chi connectivity index (χ2n) is 6.21. The summed E-state index contributed by atoms with van der Waals surface area (Å²) in [5.74, 6) is -1.63. The van der Waals surface area contributed by atoms with Gasteiger partial charge in [-0.2, -0.15) is 0 Å². The molecule has 1 N–H and O–H groups in total. The molecule has 1 amide bonds. The van der Waals surface area contributed by atoms with E-state index in [0.29, 0.717) is 5.56 Å². The van der Waals surface area contributed by atoms with E-state index in [2.05, 4.69) is 0 Å². The van der Waals surface area contributed by atoms with Gasteiger partial charge in [0.05, 0.1) is 17.6 Å². The first-order valence-electron chi connectivity index (χ1n) is 8.61. The van der Waals surface area contributed by atoms with E-state index in [1.165, 1.54) is 25.3 Å². The number of thiocarbonyl (C=S) groups is 1. The molecule has 4 rings (SSSR count). The number of esters is 1. The van der Waals surface area contributed by atoms with Gasteiger partial charge in [0, 0.05) is 11.8 Å². The fourth-order valence-electron chi connectivity index (χ4n) is 2.93. The molecule has 0 aromatic heterocycles. The molecule has 0 aliphatic carbocycles. The molecule has 2 aliphatic heterocycles. The third-order valence-electron chi connectivity index (χ3n) is 4.42. The number of thioether (sulfide) groups is 1. The standard InChI is InChI=1S/C21H13NO6S2/c1-27-15-8-4-5-11(17(15)23)9-16-19(25)22(21(29)30-16)10-13-18(24)12-6-2-3-7-14(12)28-20(13)26/h2-10,23H,1H3/b13-10+,16-9-. The number of phenols is 1. The van der Waals surface area contributed by atoms with E-state index in [9.17, 15) is 19.5 Å². The molecule has 0 atom stereocenters. The molecule has 0 radical (unpaired) electrons. The first-order valence-corrected chi connectivity index (χ1v) is 9.84. The van der Waals surface area contributed by atoms with Crippen molar-refractivity contribution < 1.29 is 29.0 Å². The number of carbonyl (C=O) groups excluding carboxylic acids is 3. The van der Waals surface area contributed by atoms with Crippen molar-refractivity contribution in [2.75, 3.05) is 7.11 Å². The van der Waals surface area contributed by atoms with E-state index >= 15 is 0 Å². The molecule has 2 aromatic rings. The van der Waals surface area contributed by atoms with E-state index in [-0.39, 0.29) is 37.6 Å². The molecule has 7 nitrogen and oxygen atoms in total. The van der Waals surface area contributed by atoms with Crippen LogP contribution in [0.3, 0.4) is 0 Å². The minimum atomic E-state index is -0.859. The number of phenolic OH excluding ortho intramolecular Hbond substituents is 1. The number of benzene rings is 2. The average molecular weight is 439 g/mol. The summed E-state index contributed by atoms with van der Waals surface area (Å²) in [4.78, 5) is 39.1. The minimum Gasteiger partial charge on any atom is -0.504 e. The van der Waals surface area contributed by atoms with Gasteiger partial charge in [0.2, 0.25) is 5.78 Å². The molecule has 2 aromatic carbocycles. The Morgan fingerprint density at radius 2 is 1.90 bits per heavy atom. The van der Waals surface area contributed by atoms with Gasteiger partial charge in [-0.3, -0.25) is 14.5 Å². The van der Waals surface area contributed by atoms with Crippen LogP contribution < -0.4 is 9.47 Å². The third-order valence-corrected chi connectivity index (χ3v) is 5.75. The van der Waals surface area contributed by atoms with Crippen LogP contribution in [0.15, 0.2) is 59.1 Å². The summed E-state index contributed by atoms with van der Waals surface area (Å²) < 4.78 is 10.4. The molecule has 0 saturated carbocycles. The number of ether oxygens (including phenoxy) is 2. The van der Waals surface area contributed by atoms with E-state index in [1.807, 2.05) is 0 Å². The Balaban J connectivity index is 1.67. The third kappa shape index (κ3) is 3.38. The predicted octanol–water partition coefficient (Wildman–Crippen LogP) is 3.29. The van der Waals surface area contributed by atoms with Crippen molar-refractivity contribution >= 4 is 52.0 Å². The lowest BCUT2D eigenvalue weighted by Crippen LogP contribution is -2.30. The topological polar surface area (TPSA) is 93.1 Å². The van der Waals surface area contributed by atoms with Gasteiger partial charge in [-0.1, -0.05) is 48.2 Å². The molecule has 0 unspecified atom stereocenters. The number of fused-ring (bicyclic) bond motifs is 1. The number of para-hydroxylation sites is 2. The summed E-state index contributed by atoms with van der Waals surface area (Å²) in [6, 6.07) is 11.2. The first kappa shape index (κ1) is 19.9. The summed E-state index contributed by atoms with van der Waals surface area (Å²) in [6.07, 6.45) is 2.57. The van der Waals surface area contributed by atoms with Crippen LogP contribution in [0, 0.1) is 0 Å². The Morgan fingerprint density at radius 3 is 2.67 bits per heavy atom. The zero-order valence-electron chi connectivity index (χ0n) is 15.4. The molecule has 1 fully saturated rings. The molecule has 30 heavy (non-hydrogen) atoms. The Morgan fingerprint density at radius 1 is 1.13 bits per heavy atom. The van der Waals surface area contributed by atoms with Gasteiger partial charge in [0.25, 0.3) is 5.91 Å². The normalized spacial score (nSPS) is 18.8. The Labute approximate surface area is 180 Å². The number of amides is 1. The number of hydrogen-bond acceptors (Lipinski definition) is 8. The van der Waals surface area contributed by atoms with Crippen molar-refractivity contribution in [2.45, 2.75) is 0 Å². The Bertz CT molecular complexity index is 1180. The first-order chi connectivity index (χ1) is 14.4. The Kier molecular flexibility index (Phi) is 5.15. The molecule has 0 bridgehead atoms. The fraction of sp³-hybridized carbons (Fsp3) is 0.0476. The van der Waals surface area contributed by atoms with Crippen LogP contribution in [0.5, 0.6) is 17.2 Å². The largest absolute Gasteiger partial charge is 0.504 e. The highest BCUT2D eigenvalue weighted by molar-refractivity contribution is 8.26. The SMILES string of the molecule is COc1cccc(/C=C2\SC(=S)N(/C=C3/C(=O)Oc4ccccc4C3=O)C2=O)c1O. The number of nitrogens with zero attached hydrogens (tertiary/aromatic N) is 1. The molecular formula is C21H13NO6S2. The van der Waals surface area contributed by atoms with Crippen LogP contribution in [0.25, 0.3) is 6.08 Å². The summed E-state index contributed by atoms with van der Waals surface area (Å²) in [5, 5.41) is 10.2. The molecule has 0 spiro atoms. The highest BCUT2D eigenvalue weighted by Crippen LogP contribution is 2.37. The van der Waals surface area contributed by atoms with Gasteiger partial charge in [0.1, 0.15) is 11.3 Å². The van der Waals surface area contributed by atoms with Crippen LogP contribution in [-0.4, -0.2) is 39.1 Å². The van der Waals surface area contributed by atoms with Gasteiger partial charge >= 0.3 is 5.97 Å². The predicted molar refractivity (Wildman–Crippen MR) is 114 cm³/mol. The van der Waals surface area contributed by atoms with Gasteiger partial charge in [0.15, 0.2) is 15.8 Å². The zero-order chi connectivity index (χ0) is 21.4. The highest BCUT2D eigenvalue weighted by Gasteiger charge is 2.36. The van der Waals surface area contributed by atoms with E-state index in [0.717, 1.165) is 22.9 Å². The molecule has 2 heterocycles. The lowest BCUT2D eigenvalue weighted by Gasteiger charge is -2.18. The number of Topliss-reactive ketones (excluding diaryl/α,β-unsaturated/α-hetero) is 1. The van der Waals surface area contributed by atoms with E-state index in [4.69, 9.17) is 21.7 Å². The Hall–Kier alpha value is -3.43. The van der Waals surface area contributed by atoms with Crippen LogP contribution in [-0.2, 0) is 9.59 Å². The van der Waals surface area contributed by atoms with Crippen molar-refractivity contribution in [3.05, 3.63) is 70.3 Å². The lowest BCUT2D eigenvalue weighted by atomic mass is 10.0. The van der Waals surface area contributed by atoms with Gasteiger partial charge in [-0.05, 0) is 24.3 Å². The van der Waals surface area contributed by atoms with Crippen LogP contribution in [0.2, 0.25) is 0 Å². The summed E-state index contributed by atoms with van der Waals surface area (Å²) in [7, 11) is 1.42. The molecule has 150 valence electrons. The van der Waals surface area contributed by atoms with Crippen LogP contribution >= 0.6 is 24.0 Å². The summed E-state index contributed by atoms with van der Waals surface area (Å²) >= 11 is 6.23. The number of hydrogen-bond donors (Lipinski definition) is 1. The van der Waals surface area contributed by atoms with Crippen molar-refractivity contribution in [1.82, 2.24) is 4.90 Å². The van der Waals surface area contributed by atoms with E-state index < -0.39 is 17.7 Å². The fourth-order valence-corrected chi connectivity index (χ4v) is 4.13. The number of methoxy groups -OCH3 is 1. The number of ketones is 1. The van der Waals surface area contributed by atoms with Crippen LogP contribution in [0.1, 0.15) is 15.9 Å². The quantitative estimate of drug-likeness (QED) is 0.256. The van der Waals surface area contributed by atoms with Gasteiger partial charge < -0.3 is 14.6 Å². The second kappa shape index (κ2) is 7.77. The molecule has 9 heteroatoms. The summed E-state index contributed by atoms with van der Waals surface area (Å²) in [6.45, 7) is 0. The maximum atomic E-state index is 12.8. The lowest BCUT2D eigenvalue weighted by molar-refractivity contribution is -0.130. The minimum absolute atomic E-state index is 0.119. The smallest absolute Gasteiger partial charge is 0.349 e. The van der Waals surface area contributed by atoms with Crippen molar-refractivity contribution in [3.8, 4) is 17.2 Å². The molecular weight excluding hydrogens is 426 g/mol. The zero-order valence-corrected chi connectivity index (χ0v) is 17.1. The van der Waals surface area contributed by atoms with Crippen molar-refractivity contribution in [2.24, 2.45) is 0 Å². The van der Waals surface area contributed by atoms with Gasteiger partial charge in [-0.25, -0.2) is 4.79 Å². The maximum absolute atomic E-state index is 12.8. The highest BCUT2D eigenvalue weighted by atomic mass is 32.2. The summed E-state index contributed by atoms with van der Waals surface area (Å²) in [5.41, 5.74) is 0.297.